The second-order valence-electron chi connectivity index (χ2n) is 4.08. The molecule has 0 aromatic carbocycles. The quantitative estimate of drug-likeness (QED) is 0.604. The highest BCUT2D eigenvalue weighted by atomic mass is 79.9. The largest absolute Gasteiger partial charge is 0.378 e. The molecule has 1 unspecified atom stereocenters. The zero-order valence-electron chi connectivity index (χ0n) is 11.4. The summed E-state index contributed by atoms with van der Waals surface area (Å²) in [5.74, 6) is 0. The number of hydrogen-bond donors (Lipinski definition) is 2. The fraction of sp³-hybridized carbons (Fsp3) is 1.00. The van der Waals surface area contributed by atoms with Crippen molar-refractivity contribution in [2.75, 3.05) is 72.4 Å². The van der Waals surface area contributed by atoms with Crippen molar-refractivity contribution < 1.29 is 18.9 Å². The molecule has 0 aromatic heterocycles. The summed E-state index contributed by atoms with van der Waals surface area (Å²) in [6.45, 7) is 7.86. The van der Waals surface area contributed by atoms with E-state index in [1.165, 1.54) is 0 Å². The first-order valence-corrected chi connectivity index (χ1v) is 7.71. The maximum absolute atomic E-state index is 5.54. The molecule has 0 bridgehead atoms. The molecule has 0 amide bonds. The smallest absolute Gasteiger partial charge is 0.135 e. The molecule has 0 spiro atoms. The van der Waals surface area contributed by atoms with Crippen molar-refractivity contribution in [3.63, 3.8) is 0 Å². The predicted molar refractivity (Wildman–Crippen MR) is 76.9 cm³/mol. The number of hydrogen-bond acceptors (Lipinski definition) is 6. The van der Waals surface area contributed by atoms with Gasteiger partial charge in [-0.2, -0.15) is 0 Å². The maximum Gasteiger partial charge on any atom is 0.135 e. The Hall–Kier alpha value is 0.240. The van der Waals surface area contributed by atoms with Crippen molar-refractivity contribution in [1.82, 2.24) is 10.6 Å². The van der Waals surface area contributed by atoms with E-state index in [0.29, 0.717) is 46.2 Å². The van der Waals surface area contributed by atoms with Crippen LogP contribution >= 0.6 is 15.9 Å². The van der Waals surface area contributed by atoms with E-state index in [9.17, 15) is 0 Å². The maximum atomic E-state index is 5.54. The van der Waals surface area contributed by atoms with Crippen LogP contribution in [-0.4, -0.2) is 77.4 Å². The Labute approximate surface area is 123 Å². The molecule has 0 aliphatic carbocycles. The van der Waals surface area contributed by atoms with Crippen LogP contribution in [0.15, 0.2) is 0 Å². The first-order chi connectivity index (χ1) is 9.39. The molecule has 1 rings (SSSR count). The minimum absolute atomic E-state index is 0.0484. The van der Waals surface area contributed by atoms with Gasteiger partial charge >= 0.3 is 0 Å². The summed E-state index contributed by atoms with van der Waals surface area (Å²) in [6, 6.07) is 0. The second kappa shape index (κ2) is 13.2. The van der Waals surface area contributed by atoms with Crippen molar-refractivity contribution in [3.8, 4) is 0 Å². The van der Waals surface area contributed by atoms with E-state index in [0.717, 1.165) is 26.2 Å². The lowest BCUT2D eigenvalue weighted by Crippen LogP contribution is -2.28. The summed E-state index contributed by atoms with van der Waals surface area (Å²) in [4.78, 5) is 0. The molecule has 1 aliphatic rings. The summed E-state index contributed by atoms with van der Waals surface area (Å²) < 4.78 is 21.9. The molecule has 0 aromatic rings. The van der Waals surface area contributed by atoms with Gasteiger partial charge in [-0.25, -0.2) is 0 Å². The fourth-order valence-electron chi connectivity index (χ4n) is 1.49. The molecular weight excluding hydrogens is 316 g/mol. The third-order valence-electron chi connectivity index (χ3n) is 2.47. The highest BCUT2D eigenvalue weighted by molar-refractivity contribution is 9.09. The van der Waals surface area contributed by atoms with Gasteiger partial charge in [0.2, 0.25) is 0 Å². The molecule has 1 atom stereocenters. The minimum Gasteiger partial charge on any atom is -0.378 e. The van der Waals surface area contributed by atoms with Gasteiger partial charge in [0.15, 0.2) is 0 Å². The van der Waals surface area contributed by atoms with Crippen molar-refractivity contribution in [1.29, 1.82) is 0 Å². The Morgan fingerprint density at radius 1 is 0.684 bits per heavy atom. The van der Waals surface area contributed by atoms with Crippen LogP contribution in [0.25, 0.3) is 0 Å². The number of rotatable bonds is 0. The van der Waals surface area contributed by atoms with E-state index in [4.69, 9.17) is 18.9 Å². The standard InChI is InChI=1S/C12H25BrN2O4/c13-12-11-18-7-3-14-1-5-16-9-10-17-6-2-15-4-8-19-12/h12,14-15H,1-11H2. The Balaban J connectivity index is 2.08. The normalized spacial score (nSPS) is 27.3. The zero-order valence-corrected chi connectivity index (χ0v) is 13.0. The number of ether oxygens (including phenoxy) is 4. The molecule has 114 valence electrons. The molecule has 0 radical (unpaired) electrons. The van der Waals surface area contributed by atoms with E-state index in [-0.39, 0.29) is 5.01 Å². The van der Waals surface area contributed by atoms with Crippen LogP contribution in [0.2, 0.25) is 0 Å². The Morgan fingerprint density at radius 3 is 1.84 bits per heavy atom. The van der Waals surface area contributed by atoms with Gasteiger partial charge in [-0.1, -0.05) is 15.9 Å². The van der Waals surface area contributed by atoms with Crippen molar-refractivity contribution in [2.24, 2.45) is 0 Å². The van der Waals surface area contributed by atoms with E-state index in [1.807, 2.05) is 0 Å². The second-order valence-corrected chi connectivity index (χ2v) is 5.10. The summed E-state index contributed by atoms with van der Waals surface area (Å²) in [6.07, 6.45) is 0. The van der Waals surface area contributed by atoms with Crippen LogP contribution in [0.5, 0.6) is 0 Å². The first-order valence-electron chi connectivity index (χ1n) is 6.80. The zero-order chi connectivity index (χ0) is 13.6. The number of nitrogens with one attached hydrogen (secondary N) is 2. The Kier molecular flexibility index (Phi) is 12.0. The lowest BCUT2D eigenvalue weighted by Gasteiger charge is -2.13. The van der Waals surface area contributed by atoms with Crippen molar-refractivity contribution >= 4 is 15.9 Å². The average molecular weight is 341 g/mol. The van der Waals surface area contributed by atoms with Gasteiger partial charge < -0.3 is 29.6 Å². The number of halogens is 1. The summed E-state index contributed by atoms with van der Waals surface area (Å²) in [5.41, 5.74) is 0. The van der Waals surface area contributed by atoms with Crippen LogP contribution < -0.4 is 10.6 Å². The van der Waals surface area contributed by atoms with E-state index in [1.54, 1.807) is 0 Å². The van der Waals surface area contributed by atoms with E-state index >= 15 is 0 Å². The fourth-order valence-corrected chi connectivity index (χ4v) is 1.86. The summed E-state index contributed by atoms with van der Waals surface area (Å²) >= 11 is 3.42. The predicted octanol–water partition coefficient (Wildman–Crippen LogP) is -0.0334. The van der Waals surface area contributed by atoms with Crippen molar-refractivity contribution in [3.05, 3.63) is 0 Å². The van der Waals surface area contributed by atoms with Gasteiger partial charge in [0, 0.05) is 26.2 Å². The van der Waals surface area contributed by atoms with Gasteiger partial charge in [0.1, 0.15) is 5.01 Å². The SMILES string of the molecule is BrC1COCCNCCOCCOCCNCCO1. The Bertz CT molecular complexity index is 183. The molecule has 7 heteroatoms. The van der Waals surface area contributed by atoms with Gasteiger partial charge in [-0.05, 0) is 0 Å². The van der Waals surface area contributed by atoms with Crippen LogP contribution in [0.3, 0.4) is 0 Å². The van der Waals surface area contributed by atoms with Crippen LogP contribution in [-0.2, 0) is 18.9 Å². The Morgan fingerprint density at radius 2 is 1.21 bits per heavy atom. The molecular formula is C12H25BrN2O4. The lowest BCUT2D eigenvalue weighted by molar-refractivity contribution is 0.0288. The lowest BCUT2D eigenvalue weighted by atomic mass is 10.6. The first kappa shape index (κ1) is 17.3. The van der Waals surface area contributed by atoms with Gasteiger partial charge in [0.25, 0.3) is 0 Å². The van der Waals surface area contributed by atoms with Crippen LogP contribution in [0, 0.1) is 0 Å². The molecule has 0 saturated carbocycles. The van der Waals surface area contributed by atoms with Crippen molar-refractivity contribution in [2.45, 2.75) is 5.01 Å². The van der Waals surface area contributed by atoms with E-state index in [2.05, 4.69) is 26.6 Å². The molecule has 6 nitrogen and oxygen atoms in total. The third-order valence-corrected chi connectivity index (χ3v) is 3.00. The summed E-state index contributed by atoms with van der Waals surface area (Å²) in [5, 5.41) is 6.45. The molecule has 1 aliphatic heterocycles. The number of alkyl halides is 1. The third kappa shape index (κ3) is 11.7. The molecule has 1 saturated heterocycles. The van der Waals surface area contributed by atoms with Crippen LogP contribution in [0.1, 0.15) is 0 Å². The topological polar surface area (TPSA) is 61.0 Å². The molecule has 1 fully saturated rings. The molecule has 19 heavy (non-hydrogen) atoms. The highest BCUT2D eigenvalue weighted by Crippen LogP contribution is 2.01. The van der Waals surface area contributed by atoms with Gasteiger partial charge in [-0.3, -0.25) is 0 Å². The van der Waals surface area contributed by atoms with Crippen LogP contribution in [0.4, 0.5) is 0 Å². The molecule has 1 heterocycles. The summed E-state index contributed by atoms with van der Waals surface area (Å²) in [7, 11) is 0. The highest BCUT2D eigenvalue weighted by Gasteiger charge is 2.03. The minimum atomic E-state index is -0.0484. The molecule has 2 N–H and O–H groups in total. The van der Waals surface area contributed by atoms with Gasteiger partial charge in [0.05, 0.1) is 46.2 Å². The van der Waals surface area contributed by atoms with E-state index < -0.39 is 0 Å². The van der Waals surface area contributed by atoms with Gasteiger partial charge in [-0.15, -0.1) is 0 Å². The average Bonchev–Trinajstić information content (AvgIpc) is 2.41. The monoisotopic (exact) mass is 340 g/mol.